The van der Waals surface area contributed by atoms with E-state index in [1.165, 1.54) is 38.0 Å². The van der Waals surface area contributed by atoms with E-state index in [1.54, 1.807) is 16.5 Å². The molecule has 2 radical (unpaired) electrons. The Balaban J connectivity index is 0.000000632. The van der Waals surface area contributed by atoms with Crippen molar-refractivity contribution in [1.29, 1.82) is 0 Å². The topological polar surface area (TPSA) is 73.9 Å². The van der Waals surface area contributed by atoms with Crippen molar-refractivity contribution in [3.8, 4) is 0 Å². The molecule has 11 heteroatoms. The highest BCUT2D eigenvalue weighted by molar-refractivity contribution is 6.14. The minimum absolute atomic E-state index is 0.0166. The number of hydrogen-bond acceptors (Lipinski definition) is 5. The van der Waals surface area contributed by atoms with Crippen LogP contribution in [0.1, 0.15) is 82.8 Å². The Bertz CT molecular complexity index is 1530. The first-order valence-corrected chi connectivity index (χ1v) is 16.9. The Labute approximate surface area is 278 Å². The van der Waals surface area contributed by atoms with Gasteiger partial charge in [-0.05, 0) is 108 Å². The van der Waals surface area contributed by atoms with Crippen molar-refractivity contribution in [2.24, 2.45) is 17.8 Å². The van der Waals surface area contributed by atoms with Crippen LogP contribution in [0.15, 0.2) is 65.8 Å². The van der Waals surface area contributed by atoms with Crippen LogP contribution < -0.4 is 16.3 Å². The Morgan fingerprint density at radius 3 is 2.32 bits per heavy atom. The van der Waals surface area contributed by atoms with Gasteiger partial charge in [0.05, 0.1) is 22.9 Å². The molecule has 2 aliphatic carbocycles. The standard InChI is InChI=1S/C29H39BF3N5O2.C7H12/c1-6-22(13-19(3)25(20-10-7-11-20)26(34-4)35-5)37-17-24-23(29(31,32)33)14-21(16-38(24)27(37)39)28(30,40)36-12-8-9-18(2)15-36;1-7-5-3-2-4-6-7/h6,13-14,16-18,20,25-26,34-35,40H,1,3,7-12,15H2,2,4-5H3;5H,2-4,6H2,1H3/b22-13+;/t18-,25-,28?;/m0./s1. The van der Waals surface area contributed by atoms with Crippen LogP contribution in [0.25, 0.3) is 11.2 Å². The number of likely N-dealkylation sites (tertiary alicyclic amines) is 1. The van der Waals surface area contributed by atoms with Gasteiger partial charge in [0, 0.05) is 42.7 Å². The van der Waals surface area contributed by atoms with Gasteiger partial charge in [-0.2, -0.15) is 13.2 Å². The van der Waals surface area contributed by atoms with Gasteiger partial charge < -0.3 is 15.7 Å². The molecule has 3 aliphatic rings. The maximum absolute atomic E-state index is 14.3. The van der Waals surface area contributed by atoms with Gasteiger partial charge in [-0.1, -0.05) is 38.2 Å². The number of hydrogen-bond donors (Lipinski definition) is 3. The van der Waals surface area contributed by atoms with E-state index in [-0.39, 0.29) is 29.1 Å². The molecule has 47 heavy (non-hydrogen) atoms. The summed E-state index contributed by atoms with van der Waals surface area (Å²) < 4.78 is 45.0. The first-order valence-electron chi connectivity index (χ1n) is 16.9. The number of halogens is 3. The average Bonchev–Trinajstić information content (AvgIpc) is 3.34. The highest BCUT2D eigenvalue weighted by Gasteiger charge is 2.39. The van der Waals surface area contributed by atoms with E-state index in [4.69, 9.17) is 7.85 Å². The molecule has 3 atom stereocenters. The Morgan fingerprint density at radius 2 is 1.83 bits per heavy atom. The van der Waals surface area contributed by atoms with Crippen molar-refractivity contribution in [1.82, 2.24) is 24.5 Å². The third kappa shape index (κ3) is 8.42. The van der Waals surface area contributed by atoms with Crippen LogP contribution in [0, 0.1) is 17.8 Å². The predicted octanol–water partition coefficient (Wildman–Crippen LogP) is 6.39. The molecule has 1 unspecified atom stereocenters. The summed E-state index contributed by atoms with van der Waals surface area (Å²) in [7, 11) is 9.96. The highest BCUT2D eigenvalue weighted by atomic mass is 19.4. The second-order valence-corrected chi connectivity index (χ2v) is 13.5. The minimum atomic E-state index is -4.80. The van der Waals surface area contributed by atoms with Crippen LogP contribution in [0.4, 0.5) is 13.2 Å². The molecule has 0 amide bonds. The number of pyridine rings is 1. The van der Waals surface area contributed by atoms with Crippen LogP contribution in [0.2, 0.25) is 0 Å². The van der Waals surface area contributed by atoms with Crippen molar-refractivity contribution in [2.75, 3.05) is 27.2 Å². The van der Waals surface area contributed by atoms with Gasteiger partial charge in [0.1, 0.15) is 7.85 Å². The van der Waals surface area contributed by atoms with Crippen molar-refractivity contribution >= 4 is 19.1 Å². The molecule has 1 saturated heterocycles. The fourth-order valence-electron chi connectivity index (χ4n) is 7.09. The minimum Gasteiger partial charge on any atom is -0.381 e. The summed E-state index contributed by atoms with van der Waals surface area (Å²) in [4.78, 5) is 15.2. The van der Waals surface area contributed by atoms with E-state index in [9.17, 15) is 23.1 Å². The van der Waals surface area contributed by atoms with Gasteiger partial charge in [-0.3, -0.25) is 13.9 Å². The summed E-state index contributed by atoms with van der Waals surface area (Å²) in [5.74, 6) is 0.632. The summed E-state index contributed by atoms with van der Waals surface area (Å²) in [6.07, 6.45) is 13.4. The van der Waals surface area contributed by atoms with Gasteiger partial charge in [0.15, 0.2) is 0 Å². The summed E-state index contributed by atoms with van der Waals surface area (Å²) in [6, 6.07) is 0.839. The van der Waals surface area contributed by atoms with E-state index in [0.29, 0.717) is 24.7 Å². The molecule has 7 nitrogen and oxygen atoms in total. The molecule has 256 valence electrons. The first kappa shape index (κ1) is 37.0. The van der Waals surface area contributed by atoms with Crippen LogP contribution in [0.3, 0.4) is 0 Å². The van der Waals surface area contributed by atoms with Crippen molar-refractivity contribution in [2.45, 2.75) is 89.6 Å². The lowest BCUT2D eigenvalue weighted by atomic mass is 9.71. The molecule has 1 saturated carbocycles. The number of nitrogens with one attached hydrogen (secondary N) is 2. The molecule has 0 aromatic carbocycles. The number of allylic oxidation sites excluding steroid dienone is 5. The number of imidazole rings is 1. The smallest absolute Gasteiger partial charge is 0.381 e. The zero-order valence-electron chi connectivity index (χ0n) is 28.4. The SMILES string of the molecule is CC1=CCCCC1.[B]C(O)(c1cc(C(F)(F)F)c2cn(/C(C=C)=C/C(=C)[C@@H](C3CCC3)C(NC)NC)c(=O)n2c1)N1CCC[C@H](C)C1. The van der Waals surface area contributed by atoms with Gasteiger partial charge in [-0.15, -0.1) is 0 Å². The molecular formula is C36H51BF3N5O2. The molecule has 3 N–H and O–H groups in total. The lowest BCUT2D eigenvalue weighted by molar-refractivity contribution is -0.136. The maximum Gasteiger partial charge on any atom is 0.418 e. The summed E-state index contributed by atoms with van der Waals surface area (Å²) in [5.41, 5.74) is -1.89. The zero-order chi connectivity index (χ0) is 34.5. The molecule has 0 bridgehead atoms. The largest absolute Gasteiger partial charge is 0.418 e. The number of aliphatic hydroxyl groups is 1. The van der Waals surface area contributed by atoms with Crippen LogP contribution >= 0.6 is 0 Å². The molecule has 1 aliphatic heterocycles. The monoisotopic (exact) mass is 653 g/mol. The fourth-order valence-corrected chi connectivity index (χ4v) is 7.09. The zero-order valence-corrected chi connectivity index (χ0v) is 28.4. The molecule has 2 aromatic rings. The molecule has 0 spiro atoms. The van der Waals surface area contributed by atoms with Gasteiger partial charge in [0.25, 0.3) is 0 Å². The van der Waals surface area contributed by atoms with Crippen LogP contribution in [0.5, 0.6) is 0 Å². The van der Waals surface area contributed by atoms with Crippen molar-refractivity contribution in [3.63, 3.8) is 0 Å². The molecule has 2 aromatic heterocycles. The van der Waals surface area contributed by atoms with Gasteiger partial charge in [-0.25, -0.2) is 4.79 Å². The second-order valence-electron chi connectivity index (χ2n) is 13.5. The quantitative estimate of drug-likeness (QED) is 0.120. The number of alkyl halides is 3. The third-order valence-electron chi connectivity index (χ3n) is 10.0. The Kier molecular flexibility index (Phi) is 12.3. The number of nitrogens with zero attached hydrogens (tertiary/aromatic N) is 3. The van der Waals surface area contributed by atoms with Crippen LogP contribution in [-0.4, -0.2) is 60.2 Å². The lowest BCUT2D eigenvalue weighted by Gasteiger charge is -2.42. The molecule has 2 fully saturated rings. The van der Waals surface area contributed by atoms with E-state index >= 15 is 0 Å². The number of piperidine rings is 1. The lowest BCUT2D eigenvalue weighted by Crippen LogP contribution is -2.51. The molecule has 5 rings (SSSR count). The normalized spacial score (nSPS) is 21.8. The number of fused-ring (bicyclic) bond motifs is 1. The Hall–Kier alpha value is -2.86. The third-order valence-corrected chi connectivity index (χ3v) is 10.0. The molecule has 3 heterocycles. The predicted molar refractivity (Wildman–Crippen MR) is 185 cm³/mol. The van der Waals surface area contributed by atoms with Crippen molar-refractivity contribution in [3.05, 3.63) is 82.6 Å². The van der Waals surface area contributed by atoms with Crippen LogP contribution in [-0.2, 0) is 11.8 Å². The summed E-state index contributed by atoms with van der Waals surface area (Å²) >= 11 is 0. The highest BCUT2D eigenvalue weighted by Crippen LogP contribution is 2.40. The second kappa shape index (κ2) is 15.6. The van der Waals surface area contributed by atoms with E-state index in [1.807, 2.05) is 21.0 Å². The number of aromatic nitrogens is 2. The Morgan fingerprint density at radius 1 is 1.13 bits per heavy atom. The van der Waals surface area contributed by atoms with E-state index < -0.39 is 23.1 Å². The van der Waals surface area contributed by atoms with E-state index in [0.717, 1.165) is 58.9 Å². The first-order chi connectivity index (χ1) is 22.2. The molecular weight excluding hydrogens is 602 g/mol. The van der Waals surface area contributed by atoms with Gasteiger partial charge >= 0.3 is 11.9 Å². The average molecular weight is 654 g/mol. The van der Waals surface area contributed by atoms with E-state index in [2.05, 4.69) is 36.8 Å². The number of rotatable bonds is 10. The fraction of sp³-hybridized carbons (Fsp3) is 0.583. The van der Waals surface area contributed by atoms with Gasteiger partial charge in [0.2, 0.25) is 0 Å². The maximum atomic E-state index is 14.3. The van der Waals surface area contributed by atoms with Crippen molar-refractivity contribution < 1.29 is 18.3 Å². The summed E-state index contributed by atoms with van der Waals surface area (Å²) in [5, 5.41) is 17.8. The summed E-state index contributed by atoms with van der Waals surface area (Å²) in [6.45, 7) is 13.2.